The predicted molar refractivity (Wildman–Crippen MR) is 277 cm³/mol. The molecule has 1 amide bonds. The fourth-order valence-corrected chi connectivity index (χ4v) is 10.1. The van der Waals surface area contributed by atoms with Crippen molar-refractivity contribution in [1.29, 1.82) is 0 Å². The maximum Gasteiger partial charge on any atom is 0.220 e. The van der Waals surface area contributed by atoms with E-state index in [0.717, 1.165) is 51.4 Å². The van der Waals surface area contributed by atoms with E-state index in [4.69, 9.17) is 18.9 Å². The molecule has 14 heteroatoms. The van der Waals surface area contributed by atoms with Crippen molar-refractivity contribution < 1.29 is 64.6 Å². The van der Waals surface area contributed by atoms with Gasteiger partial charge in [0.15, 0.2) is 12.6 Å². The summed E-state index contributed by atoms with van der Waals surface area (Å²) in [5, 5.41) is 86.9. The average Bonchev–Trinajstić information content (AvgIpc) is 3.36. The Morgan fingerprint density at radius 2 is 0.814 bits per heavy atom. The summed E-state index contributed by atoms with van der Waals surface area (Å²) in [6.07, 6.45) is 30.1. The monoisotopic (exact) mass is 1000 g/mol. The number of rotatable bonds is 47. The second-order valence-corrected chi connectivity index (χ2v) is 21.1. The average molecular weight is 1000 g/mol. The Labute approximate surface area is 425 Å². The molecule has 2 aliphatic rings. The third kappa shape index (κ3) is 29.2. The van der Waals surface area contributed by atoms with Gasteiger partial charge in [-0.25, -0.2) is 0 Å². The molecule has 0 saturated carbocycles. The SMILES string of the molecule is CCCCCCCCCCCCCCCCCCCCCCCCCCCCCCC(O)C(COC1OC(CO)C(OC2OC(CO)C(O)C(O)C2O)C(O)C1O)NC(=O)CCCCCCCCCC. The first-order chi connectivity index (χ1) is 34.1. The number of hydrogen-bond donors (Lipinski definition) is 9. The molecule has 2 fully saturated rings. The van der Waals surface area contributed by atoms with Crippen molar-refractivity contribution in [3.63, 3.8) is 0 Å². The molecule has 70 heavy (non-hydrogen) atoms. The second-order valence-electron chi connectivity index (χ2n) is 21.1. The molecule has 2 rings (SSSR count). The molecule has 14 nitrogen and oxygen atoms in total. The zero-order chi connectivity index (χ0) is 51.0. The molecule has 0 radical (unpaired) electrons. The minimum absolute atomic E-state index is 0.208. The van der Waals surface area contributed by atoms with Gasteiger partial charge in [-0.2, -0.15) is 0 Å². The summed E-state index contributed by atoms with van der Waals surface area (Å²) in [6.45, 7) is 2.84. The number of aliphatic hydroxyl groups is 8. The van der Waals surface area contributed by atoms with Crippen LogP contribution < -0.4 is 5.32 Å². The van der Waals surface area contributed by atoms with Crippen LogP contribution in [0.4, 0.5) is 0 Å². The van der Waals surface area contributed by atoms with Crippen LogP contribution in [0.25, 0.3) is 0 Å². The predicted octanol–water partition coefficient (Wildman–Crippen LogP) is 9.34. The summed E-state index contributed by atoms with van der Waals surface area (Å²) in [4.78, 5) is 13.1. The van der Waals surface area contributed by atoms with E-state index in [1.807, 2.05) is 0 Å². The Morgan fingerprint density at radius 3 is 1.21 bits per heavy atom. The van der Waals surface area contributed by atoms with Crippen molar-refractivity contribution >= 4 is 5.91 Å². The molecule has 0 bridgehead atoms. The highest BCUT2D eigenvalue weighted by Gasteiger charge is 2.51. The van der Waals surface area contributed by atoms with E-state index in [-0.39, 0.29) is 12.5 Å². The van der Waals surface area contributed by atoms with Crippen molar-refractivity contribution in [3.05, 3.63) is 0 Å². The molecular weight excluding hydrogens is 895 g/mol. The number of hydrogen-bond acceptors (Lipinski definition) is 13. The standard InChI is InChI=1S/C56H109NO13/c1-3-5-7-9-11-13-14-15-16-17-18-19-20-21-22-23-24-25-26-27-28-29-30-31-32-33-35-37-39-45(60)44(57-48(61)40-38-36-34-12-10-8-6-4-2)43-67-55-53(66)51(64)54(47(42-59)69-55)70-56-52(65)50(63)49(62)46(41-58)68-56/h44-47,49-56,58-60,62-66H,3-43H2,1-2H3,(H,57,61). The van der Waals surface area contributed by atoms with Gasteiger partial charge >= 0.3 is 0 Å². The highest BCUT2D eigenvalue weighted by atomic mass is 16.7. The Hall–Kier alpha value is -1.01. The Morgan fingerprint density at radius 1 is 0.457 bits per heavy atom. The Kier molecular flexibility index (Phi) is 40.2. The maximum atomic E-state index is 13.1. The van der Waals surface area contributed by atoms with E-state index in [0.29, 0.717) is 12.8 Å². The van der Waals surface area contributed by atoms with Gasteiger partial charge in [0.1, 0.15) is 48.8 Å². The molecule has 0 aromatic rings. The largest absolute Gasteiger partial charge is 0.394 e. The molecule has 2 saturated heterocycles. The molecule has 0 spiro atoms. The Balaban J connectivity index is 1.64. The van der Waals surface area contributed by atoms with Gasteiger partial charge in [-0.3, -0.25) is 4.79 Å². The molecule has 0 aromatic carbocycles. The highest BCUT2D eigenvalue weighted by Crippen LogP contribution is 2.30. The van der Waals surface area contributed by atoms with Gasteiger partial charge in [-0.05, 0) is 12.8 Å². The first kappa shape index (κ1) is 65.1. The lowest BCUT2D eigenvalue weighted by Crippen LogP contribution is -2.65. The molecule has 0 aromatic heterocycles. The molecule has 12 unspecified atom stereocenters. The first-order valence-corrected chi connectivity index (χ1v) is 29.3. The fourth-order valence-electron chi connectivity index (χ4n) is 10.1. The summed E-state index contributed by atoms with van der Waals surface area (Å²) < 4.78 is 22.8. The number of carbonyl (C=O) groups excluding carboxylic acids is 1. The molecule has 2 aliphatic heterocycles. The lowest BCUT2D eigenvalue weighted by molar-refractivity contribution is -0.359. The molecule has 12 atom stereocenters. The number of amides is 1. The van der Waals surface area contributed by atoms with Gasteiger partial charge in [0, 0.05) is 6.42 Å². The highest BCUT2D eigenvalue weighted by molar-refractivity contribution is 5.76. The number of ether oxygens (including phenoxy) is 4. The van der Waals surface area contributed by atoms with Crippen LogP contribution >= 0.6 is 0 Å². The molecule has 0 aliphatic carbocycles. The molecule has 2 heterocycles. The van der Waals surface area contributed by atoms with Crippen LogP contribution in [0.15, 0.2) is 0 Å². The maximum absolute atomic E-state index is 13.1. The minimum atomic E-state index is -1.78. The van der Waals surface area contributed by atoms with Crippen molar-refractivity contribution in [3.8, 4) is 0 Å². The quantitative estimate of drug-likeness (QED) is 0.0259. The van der Waals surface area contributed by atoms with Crippen molar-refractivity contribution in [2.75, 3.05) is 19.8 Å². The van der Waals surface area contributed by atoms with Crippen LogP contribution in [0, 0.1) is 0 Å². The number of aliphatic hydroxyl groups excluding tert-OH is 8. The smallest absolute Gasteiger partial charge is 0.220 e. The van der Waals surface area contributed by atoms with E-state index in [9.17, 15) is 45.6 Å². The lowest BCUT2D eigenvalue weighted by Gasteiger charge is -2.46. The third-order valence-corrected chi connectivity index (χ3v) is 14.8. The number of nitrogens with one attached hydrogen (secondary N) is 1. The van der Waals surface area contributed by atoms with Gasteiger partial charge < -0.3 is 65.1 Å². The minimum Gasteiger partial charge on any atom is -0.394 e. The third-order valence-electron chi connectivity index (χ3n) is 14.8. The van der Waals surface area contributed by atoms with E-state index >= 15 is 0 Å². The zero-order valence-corrected chi connectivity index (χ0v) is 44.5. The second kappa shape index (κ2) is 43.3. The number of unbranched alkanes of at least 4 members (excludes halogenated alkanes) is 34. The lowest BCUT2D eigenvalue weighted by atomic mass is 9.97. The van der Waals surface area contributed by atoms with E-state index in [1.165, 1.54) is 180 Å². The summed E-state index contributed by atoms with van der Waals surface area (Å²) >= 11 is 0. The number of carbonyl (C=O) groups is 1. The van der Waals surface area contributed by atoms with Gasteiger partial charge in [-0.1, -0.05) is 239 Å². The summed E-state index contributed by atoms with van der Waals surface area (Å²) in [7, 11) is 0. The first-order valence-electron chi connectivity index (χ1n) is 29.3. The molecule has 9 N–H and O–H groups in total. The van der Waals surface area contributed by atoms with Crippen LogP contribution in [0.1, 0.15) is 258 Å². The van der Waals surface area contributed by atoms with Crippen molar-refractivity contribution in [1.82, 2.24) is 5.32 Å². The van der Waals surface area contributed by atoms with Crippen LogP contribution in [0.3, 0.4) is 0 Å². The Bertz CT molecular complexity index is 1180. The van der Waals surface area contributed by atoms with Gasteiger partial charge in [0.05, 0.1) is 32.0 Å². The van der Waals surface area contributed by atoms with Gasteiger partial charge in [0.2, 0.25) is 5.91 Å². The van der Waals surface area contributed by atoms with Crippen LogP contribution in [-0.2, 0) is 23.7 Å². The molecular formula is C56H109NO13. The van der Waals surface area contributed by atoms with E-state index < -0.39 is 86.8 Å². The molecule has 416 valence electrons. The van der Waals surface area contributed by atoms with Crippen molar-refractivity contribution in [2.24, 2.45) is 0 Å². The van der Waals surface area contributed by atoms with Crippen LogP contribution in [0.2, 0.25) is 0 Å². The van der Waals surface area contributed by atoms with E-state index in [1.54, 1.807) is 0 Å². The summed E-state index contributed by atoms with van der Waals surface area (Å²) in [5.74, 6) is -0.208. The fraction of sp³-hybridized carbons (Fsp3) is 0.982. The topological polar surface area (TPSA) is 228 Å². The summed E-state index contributed by atoms with van der Waals surface area (Å²) in [5.41, 5.74) is 0. The van der Waals surface area contributed by atoms with Crippen LogP contribution in [0.5, 0.6) is 0 Å². The summed E-state index contributed by atoms with van der Waals surface area (Å²) in [6, 6.07) is -0.820. The normalized spacial score (nSPS) is 25.9. The van der Waals surface area contributed by atoms with Crippen LogP contribution in [-0.4, -0.2) is 140 Å². The van der Waals surface area contributed by atoms with Gasteiger partial charge in [-0.15, -0.1) is 0 Å². The van der Waals surface area contributed by atoms with Gasteiger partial charge in [0.25, 0.3) is 0 Å². The van der Waals surface area contributed by atoms with E-state index in [2.05, 4.69) is 19.2 Å². The van der Waals surface area contributed by atoms with Crippen molar-refractivity contribution in [2.45, 2.75) is 331 Å². The zero-order valence-electron chi connectivity index (χ0n) is 44.5.